The van der Waals surface area contributed by atoms with Gasteiger partial charge < -0.3 is 4.90 Å². The molecule has 1 atom stereocenters. The summed E-state index contributed by atoms with van der Waals surface area (Å²) in [5, 5.41) is 0. The van der Waals surface area contributed by atoms with Crippen molar-refractivity contribution in [2.45, 2.75) is 37.2 Å². The van der Waals surface area contributed by atoms with E-state index in [1.165, 1.54) is 5.56 Å². The molecule has 0 aromatic heterocycles. The Morgan fingerprint density at radius 2 is 1.69 bits per heavy atom. The van der Waals surface area contributed by atoms with Crippen LogP contribution >= 0.6 is 0 Å². The van der Waals surface area contributed by atoms with Gasteiger partial charge in [-0.2, -0.15) is 4.31 Å². The quantitative estimate of drug-likeness (QED) is 0.756. The number of benzene rings is 2. The maximum Gasteiger partial charge on any atom is 0.243 e. The number of carbonyl (C=O) groups excluding carboxylic acids is 1. The van der Waals surface area contributed by atoms with Gasteiger partial charge in [-0.05, 0) is 43.2 Å². The topological polar surface area (TPSA) is 60.9 Å². The van der Waals surface area contributed by atoms with Crippen LogP contribution in [0.15, 0.2) is 59.5 Å². The molecule has 0 saturated carbocycles. The summed E-state index contributed by atoms with van der Waals surface area (Å²) < 4.78 is 27.8. The molecule has 2 heterocycles. The summed E-state index contributed by atoms with van der Waals surface area (Å²) in [5.41, 5.74) is 2.01. The van der Waals surface area contributed by atoms with E-state index in [1.807, 2.05) is 18.2 Å². The molecule has 6 nitrogen and oxygen atoms in total. The van der Waals surface area contributed by atoms with E-state index in [9.17, 15) is 13.2 Å². The smallest absolute Gasteiger partial charge is 0.243 e. The third-order valence-electron chi connectivity index (χ3n) is 5.82. The van der Waals surface area contributed by atoms with Crippen LogP contribution in [-0.2, 0) is 21.4 Å². The van der Waals surface area contributed by atoms with Gasteiger partial charge in [0.2, 0.25) is 15.9 Å². The van der Waals surface area contributed by atoms with Gasteiger partial charge in [-0.25, -0.2) is 8.42 Å². The predicted molar refractivity (Wildman–Crippen MR) is 113 cm³/mol. The zero-order valence-electron chi connectivity index (χ0n) is 16.7. The highest BCUT2D eigenvalue weighted by atomic mass is 32.2. The number of carbonyl (C=O) groups is 1. The minimum atomic E-state index is -3.54. The summed E-state index contributed by atoms with van der Waals surface area (Å²) in [6.45, 7) is 5.26. The van der Waals surface area contributed by atoms with E-state index in [0.717, 1.165) is 18.7 Å². The lowest BCUT2D eigenvalue weighted by Gasteiger charge is -2.39. The Morgan fingerprint density at radius 3 is 2.31 bits per heavy atom. The molecule has 0 spiro atoms. The second-order valence-corrected chi connectivity index (χ2v) is 9.75. The van der Waals surface area contributed by atoms with Crippen molar-refractivity contribution in [1.29, 1.82) is 0 Å². The molecule has 2 aromatic carbocycles. The van der Waals surface area contributed by atoms with E-state index < -0.39 is 10.0 Å². The molecular formula is C22H27N3O3S. The van der Waals surface area contributed by atoms with E-state index in [2.05, 4.69) is 24.0 Å². The van der Waals surface area contributed by atoms with Crippen molar-refractivity contribution in [3.63, 3.8) is 0 Å². The minimum Gasteiger partial charge on any atom is -0.312 e. The van der Waals surface area contributed by atoms with Gasteiger partial charge in [0, 0.05) is 50.9 Å². The molecule has 2 aliphatic rings. The van der Waals surface area contributed by atoms with Crippen molar-refractivity contribution in [2.24, 2.45) is 0 Å². The molecule has 1 amide bonds. The van der Waals surface area contributed by atoms with Crippen molar-refractivity contribution < 1.29 is 13.2 Å². The molecular weight excluding hydrogens is 386 g/mol. The number of amides is 1. The molecule has 29 heavy (non-hydrogen) atoms. The van der Waals surface area contributed by atoms with Gasteiger partial charge >= 0.3 is 0 Å². The normalized spacial score (nSPS) is 21.6. The fraction of sp³-hybridized carbons (Fsp3) is 0.409. The van der Waals surface area contributed by atoms with Gasteiger partial charge in [0.15, 0.2) is 0 Å². The standard InChI is InChI=1S/C22H27N3O3S/c1-18-16-24(15-14-23(18)17-19-6-3-2-4-7-19)29(27,28)21-11-9-20(10-12-21)25-13-5-8-22(25)26/h2-4,6-7,9-12,18H,5,8,13-17H2,1H3. The third kappa shape index (κ3) is 4.22. The van der Waals surface area contributed by atoms with Gasteiger partial charge in [0.1, 0.15) is 0 Å². The lowest BCUT2D eigenvalue weighted by Crippen LogP contribution is -2.53. The van der Waals surface area contributed by atoms with E-state index in [0.29, 0.717) is 32.6 Å². The van der Waals surface area contributed by atoms with E-state index in [1.54, 1.807) is 33.5 Å². The Kier molecular flexibility index (Phi) is 5.72. The number of nitrogens with zero attached hydrogens (tertiary/aromatic N) is 3. The molecule has 2 aliphatic heterocycles. The Bertz CT molecular complexity index is 961. The van der Waals surface area contributed by atoms with Crippen LogP contribution in [0.2, 0.25) is 0 Å². The number of rotatable bonds is 5. The van der Waals surface area contributed by atoms with E-state index in [4.69, 9.17) is 0 Å². The van der Waals surface area contributed by atoms with E-state index in [-0.39, 0.29) is 16.8 Å². The van der Waals surface area contributed by atoms with Crippen LogP contribution in [-0.4, -0.2) is 55.8 Å². The number of anilines is 1. The molecule has 0 N–H and O–H groups in total. The molecule has 2 aromatic rings. The van der Waals surface area contributed by atoms with Crippen LogP contribution in [0.4, 0.5) is 5.69 Å². The highest BCUT2D eigenvalue weighted by Crippen LogP contribution is 2.26. The van der Waals surface area contributed by atoms with Crippen LogP contribution < -0.4 is 4.90 Å². The van der Waals surface area contributed by atoms with Gasteiger partial charge in [-0.1, -0.05) is 30.3 Å². The molecule has 2 fully saturated rings. The Labute approximate surface area is 172 Å². The summed E-state index contributed by atoms with van der Waals surface area (Å²) in [5.74, 6) is 0.101. The minimum absolute atomic E-state index is 0.101. The van der Waals surface area contributed by atoms with Gasteiger partial charge in [0.25, 0.3) is 0 Å². The lowest BCUT2D eigenvalue weighted by atomic mass is 10.1. The third-order valence-corrected chi connectivity index (χ3v) is 7.70. The van der Waals surface area contributed by atoms with Crippen molar-refractivity contribution >= 4 is 21.6 Å². The number of hydrogen-bond acceptors (Lipinski definition) is 4. The lowest BCUT2D eigenvalue weighted by molar-refractivity contribution is -0.117. The van der Waals surface area contributed by atoms with Crippen LogP contribution in [0.5, 0.6) is 0 Å². The molecule has 0 radical (unpaired) electrons. The molecule has 0 aliphatic carbocycles. The predicted octanol–water partition coefficient (Wildman–Crippen LogP) is 2.71. The molecule has 154 valence electrons. The number of hydrogen-bond donors (Lipinski definition) is 0. The first kappa shape index (κ1) is 20.1. The second kappa shape index (κ2) is 8.26. The van der Waals surface area contributed by atoms with Crippen molar-refractivity contribution in [3.8, 4) is 0 Å². The van der Waals surface area contributed by atoms with Gasteiger partial charge in [-0.3, -0.25) is 9.69 Å². The summed E-state index contributed by atoms with van der Waals surface area (Å²) in [6.07, 6.45) is 1.41. The fourth-order valence-corrected chi connectivity index (χ4v) is 5.61. The summed E-state index contributed by atoms with van der Waals surface area (Å²) in [7, 11) is -3.54. The fourth-order valence-electron chi connectivity index (χ4n) is 4.10. The van der Waals surface area contributed by atoms with Gasteiger partial charge in [-0.15, -0.1) is 0 Å². The largest absolute Gasteiger partial charge is 0.312 e. The maximum atomic E-state index is 13.1. The zero-order chi connectivity index (χ0) is 20.4. The van der Waals surface area contributed by atoms with Crippen LogP contribution in [0.1, 0.15) is 25.3 Å². The molecule has 4 rings (SSSR count). The molecule has 2 saturated heterocycles. The van der Waals surface area contributed by atoms with Gasteiger partial charge in [0.05, 0.1) is 4.90 Å². The number of sulfonamides is 1. The monoisotopic (exact) mass is 413 g/mol. The maximum absolute atomic E-state index is 13.1. The SMILES string of the molecule is CC1CN(S(=O)(=O)c2ccc(N3CCCC3=O)cc2)CCN1Cc1ccccc1. The molecule has 1 unspecified atom stereocenters. The average molecular weight is 414 g/mol. The first-order valence-electron chi connectivity index (χ1n) is 10.1. The number of piperazine rings is 1. The van der Waals surface area contributed by atoms with Crippen molar-refractivity contribution in [3.05, 3.63) is 60.2 Å². The second-order valence-electron chi connectivity index (χ2n) is 7.81. The van der Waals surface area contributed by atoms with Crippen molar-refractivity contribution in [2.75, 3.05) is 31.1 Å². The first-order valence-corrected chi connectivity index (χ1v) is 11.6. The molecule has 0 bridgehead atoms. The Hall–Kier alpha value is -2.22. The average Bonchev–Trinajstić information content (AvgIpc) is 3.16. The summed E-state index contributed by atoms with van der Waals surface area (Å²) in [4.78, 5) is 16.2. The van der Waals surface area contributed by atoms with E-state index >= 15 is 0 Å². The highest BCUT2D eigenvalue weighted by Gasteiger charge is 2.32. The molecule has 7 heteroatoms. The summed E-state index contributed by atoms with van der Waals surface area (Å²) >= 11 is 0. The highest BCUT2D eigenvalue weighted by molar-refractivity contribution is 7.89. The van der Waals surface area contributed by atoms with Crippen molar-refractivity contribution in [1.82, 2.24) is 9.21 Å². The van der Waals surface area contributed by atoms with Crippen LogP contribution in [0.3, 0.4) is 0 Å². The van der Waals surface area contributed by atoms with Crippen LogP contribution in [0.25, 0.3) is 0 Å². The Balaban J connectivity index is 1.43. The Morgan fingerprint density at radius 1 is 0.966 bits per heavy atom. The summed E-state index contributed by atoms with van der Waals surface area (Å²) in [6, 6.07) is 17.1. The zero-order valence-corrected chi connectivity index (χ0v) is 17.5. The van der Waals surface area contributed by atoms with Crippen LogP contribution in [0, 0.1) is 0 Å². The first-order chi connectivity index (χ1) is 13.9.